The molecule has 0 saturated heterocycles. The molecule has 0 spiro atoms. The molecule has 0 aromatic heterocycles. The van der Waals surface area contributed by atoms with Crippen molar-refractivity contribution in [2.24, 2.45) is 0 Å². The summed E-state index contributed by atoms with van der Waals surface area (Å²) in [7, 11) is 0. The number of unbranched alkanes of at least 4 members (excludes halogenated alkanes) is 3. The summed E-state index contributed by atoms with van der Waals surface area (Å²) in [5, 5.41) is 0. The van der Waals surface area contributed by atoms with Crippen LogP contribution in [0.1, 0.15) is 44.6 Å². The van der Waals surface area contributed by atoms with Crippen LogP contribution in [0.15, 0.2) is 42.5 Å². The molecule has 0 unspecified atom stereocenters. The van der Waals surface area contributed by atoms with Gasteiger partial charge >= 0.3 is 5.97 Å². The van der Waals surface area contributed by atoms with E-state index in [0.29, 0.717) is 12.2 Å². The lowest BCUT2D eigenvalue weighted by Crippen LogP contribution is -2.06. The smallest absolute Gasteiger partial charge is 0.333 e. The Bertz CT molecular complexity index is 382. The summed E-state index contributed by atoms with van der Waals surface area (Å²) in [5.41, 5.74) is 2.00. The maximum Gasteiger partial charge on any atom is 0.333 e. The molecule has 0 fully saturated rings. The Hall–Kier alpha value is -1.57. The van der Waals surface area contributed by atoms with Gasteiger partial charge in [-0.3, -0.25) is 0 Å². The molecular weight excluding hydrogens is 236 g/mol. The summed E-state index contributed by atoms with van der Waals surface area (Å²) < 4.78 is 4.90. The first-order valence-corrected chi connectivity index (χ1v) is 7.13. The Morgan fingerprint density at radius 2 is 1.79 bits per heavy atom. The van der Waals surface area contributed by atoms with Crippen LogP contribution < -0.4 is 0 Å². The minimum Gasteiger partial charge on any atom is -0.463 e. The lowest BCUT2D eigenvalue weighted by Gasteiger charge is -2.05. The van der Waals surface area contributed by atoms with Crippen molar-refractivity contribution in [3.63, 3.8) is 0 Å². The summed E-state index contributed by atoms with van der Waals surface area (Å²) in [4.78, 5) is 11.3. The van der Waals surface area contributed by atoms with E-state index in [4.69, 9.17) is 4.74 Å². The number of carbonyl (C=O) groups excluding carboxylic acids is 1. The summed E-state index contributed by atoms with van der Waals surface area (Å²) >= 11 is 0. The molecule has 1 rings (SSSR count). The van der Waals surface area contributed by atoms with Crippen LogP contribution >= 0.6 is 0 Å². The van der Waals surface area contributed by atoms with Gasteiger partial charge in [-0.2, -0.15) is 0 Å². The maximum atomic E-state index is 11.3. The van der Waals surface area contributed by atoms with Gasteiger partial charge in [-0.1, -0.05) is 49.8 Å². The predicted octanol–water partition coefficient (Wildman–Crippen LogP) is 4.30. The summed E-state index contributed by atoms with van der Waals surface area (Å²) in [6, 6.07) is 10.5. The molecule has 0 amide bonds. The van der Waals surface area contributed by atoms with E-state index < -0.39 is 0 Å². The lowest BCUT2D eigenvalue weighted by atomic mass is 10.0. The molecule has 0 aliphatic heterocycles. The second-order valence-electron chi connectivity index (χ2n) is 4.72. The van der Waals surface area contributed by atoms with Gasteiger partial charge in [-0.05, 0) is 38.2 Å². The van der Waals surface area contributed by atoms with E-state index in [1.54, 1.807) is 0 Å². The van der Waals surface area contributed by atoms with Crippen molar-refractivity contribution in [3.05, 3.63) is 48.0 Å². The third-order valence-corrected chi connectivity index (χ3v) is 3.10. The fourth-order valence-electron chi connectivity index (χ4n) is 2.00. The number of hydrogen-bond donors (Lipinski definition) is 0. The Kier molecular flexibility index (Phi) is 7.64. The minimum atomic E-state index is -0.244. The molecular formula is C17H24O2. The molecule has 0 bridgehead atoms. The molecule has 0 aliphatic rings. The SMILES string of the molecule is C=C(CCCCCCc1ccccc1)C(=O)OCC. The Morgan fingerprint density at radius 3 is 2.47 bits per heavy atom. The van der Waals surface area contributed by atoms with Crippen molar-refractivity contribution in [2.75, 3.05) is 6.61 Å². The number of esters is 1. The molecule has 0 aliphatic carbocycles. The van der Waals surface area contributed by atoms with E-state index in [2.05, 4.69) is 30.8 Å². The normalized spacial score (nSPS) is 10.2. The quantitative estimate of drug-likeness (QED) is 0.376. The molecule has 104 valence electrons. The number of carbonyl (C=O) groups is 1. The van der Waals surface area contributed by atoms with Gasteiger partial charge in [-0.15, -0.1) is 0 Å². The second-order valence-corrected chi connectivity index (χ2v) is 4.72. The maximum absolute atomic E-state index is 11.3. The highest BCUT2D eigenvalue weighted by molar-refractivity contribution is 5.87. The van der Waals surface area contributed by atoms with Crippen molar-refractivity contribution >= 4 is 5.97 Å². The zero-order valence-electron chi connectivity index (χ0n) is 11.9. The molecule has 0 saturated carbocycles. The predicted molar refractivity (Wildman–Crippen MR) is 79.0 cm³/mol. The number of rotatable bonds is 9. The third kappa shape index (κ3) is 6.80. The number of ether oxygens (including phenoxy) is 1. The fraction of sp³-hybridized carbons (Fsp3) is 0.471. The van der Waals surface area contributed by atoms with Gasteiger partial charge in [0.15, 0.2) is 0 Å². The fourth-order valence-corrected chi connectivity index (χ4v) is 2.00. The molecule has 1 aromatic carbocycles. The molecule has 1 aromatic rings. The van der Waals surface area contributed by atoms with Gasteiger partial charge in [0.05, 0.1) is 6.61 Å². The average molecular weight is 260 g/mol. The highest BCUT2D eigenvalue weighted by Gasteiger charge is 2.06. The van der Waals surface area contributed by atoms with E-state index in [0.717, 1.165) is 25.7 Å². The van der Waals surface area contributed by atoms with Crippen LogP contribution in [0.4, 0.5) is 0 Å². The number of hydrogen-bond acceptors (Lipinski definition) is 2. The Morgan fingerprint density at radius 1 is 1.11 bits per heavy atom. The number of benzene rings is 1. The average Bonchev–Trinajstić information content (AvgIpc) is 2.43. The van der Waals surface area contributed by atoms with Gasteiger partial charge in [-0.25, -0.2) is 4.79 Å². The monoisotopic (exact) mass is 260 g/mol. The van der Waals surface area contributed by atoms with Crippen molar-refractivity contribution in [2.45, 2.75) is 45.4 Å². The van der Waals surface area contributed by atoms with Gasteiger partial charge in [0.25, 0.3) is 0 Å². The third-order valence-electron chi connectivity index (χ3n) is 3.10. The first-order chi connectivity index (χ1) is 9.24. The van der Waals surface area contributed by atoms with Gasteiger partial charge < -0.3 is 4.74 Å². The van der Waals surface area contributed by atoms with E-state index in [1.807, 2.05) is 13.0 Å². The van der Waals surface area contributed by atoms with Crippen LogP contribution in [0.25, 0.3) is 0 Å². The topological polar surface area (TPSA) is 26.3 Å². The van der Waals surface area contributed by atoms with Crippen LogP contribution in [0.5, 0.6) is 0 Å². The Labute approximate surface area is 116 Å². The van der Waals surface area contributed by atoms with Crippen molar-refractivity contribution in [1.29, 1.82) is 0 Å². The van der Waals surface area contributed by atoms with Gasteiger partial charge in [0, 0.05) is 5.57 Å². The molecule has 19 heavy (non-hydrogen) atoms. The molecule has 0 N–H and O–H groups in total. The van der Waals surface area contributed by atoms with Crippen molar-refractivity contribution in [3.8, 4) is 0 Å². The van der Waals surface area contributed by atoms with Gasteiger partial charge in [0.2, 0.25) is 0 Å². The molecule has 0 radical (unpaired) electrons. The highest BCUT2D eigenvalue weighted by atomic mass is 16.5. The Balaban J connectivity index is 2.02. The van der Waals surface area contributed by atoms with E-state index in [9.17, 15) is 4.79 Å². The second kappa shape index (κ2) is 9.37. The largest absolute Gasteiger partial charge is 0.463 e. The molecule has 0 heterocycles. The van der Waals surface area contributed by atoms with Crippen LogP contribution in [0, 0.1) is 0 Å². The molecule has 2 heteroatoms. The minimum absolute atomic E-state index is 0.244. The summed E-state index contributed by atoms with van der Waals surface area (Å²) in [5.74, 6) is -0.244. The standard InChI is InChI=1S/C17H24O2/c1-3-19-17(18)15(2)11-7-4-5-8-12-16-13-9-6-10-14-16/h6,9-10,13-14H,2-5,7-8,11-12H2,1H3. The van der Waals surface area contributed by atoms with Crippen molar-refractivity contribution < 1.29 is 9.53 Å². The van der Waals surface area contributed by atoms with Crippen LogP contribution in [-0.4, -0.2) is 12.6 Å². The zero-order chi connectivity index (χ0) is 13.9. The van der Waals surface area contributed by atoms with E-state index >= 15 is 0 Å². The van der Waals surface area contributed by atoms with Crippen LogP contribution in [0.3, 0.4) is 0 Å². The van der Waals surface area contributed by atoms with E-state index in [1.165, 1.54) is 18.4 Å². The summed E-state index contributed by atoms with van der Waals surface area (Å²) in [6.07, 6.45) is 6.46. The molecule has 0 atom stereocenters. The first-order valence-electron chi connectivity index (χ1n) is 7.13. The van der Waals surface area contributed by atoms with Crippen LogP contribution in [0.2, 0.25) is 0 Å². The first kappa shape index (κ1) is 15.5. The van der Waals surface area contributed by atoms with E-state index in [-0.39, 0.29) is 5.97 Å². The van der Waals surface area contributed by atoms with Crippen molar-refractivity contribution in [1.82, 2.24) is 0 Å². The molecule has 2 nitrogen and oxygen atoms in total. The zero-order valence-corrected chi connectivity index (χ0v) is 11.9. The number of aryl methyl sites for hydroxylation is 1. The van der Waals surface area contributed by atoms with Gasteiger partial charge in [0.1, 0.15) is 0 Å². The lowest BCUT2D eigenvalue weighted by molar-refractivity contribution is -0.138. The highest BCUT2D eigenvalue weighted by Crippen LogP contribution is 2.12. The van der Waals surface area contributed by atoms with Crippen LogP contribution in [-0.2, 0) is 16.0 Å². The summed E-state index contributed by atoms with van der Waals surface area (Å²) in [6.45, 7) is 6.00.